The lowest BCUT2D eigenvalue weighted by molar-refractivity contribution is 0.216. The molecule has 0 unspecified atom stereocenters. The second-order valence-electron chi connectivity index (χ2n) is 9.79. The molecule has 4 N–H and O–H groups in total. The van der Waals surface area contributed by atoms with Crippen molar-refractivity contribution in [3.05, 3.63) is 85.2 Å². The van der Waals surface area contributed by atoms with Gasteiger partial charge in [0, 0.05) is 66.5 Å². The van der Waals surface area contributed by atoms with Crippen molar-refractivity contribution in [1.29, 1.82) is 5.26 Å². The summed E-state index contributed by atoms with van der Waals surface area (Å²) in [5.41, 5.74) is 16.6. The van der Waals surface area contributed by atoms with Gasteiger partial charge in [0.05, 0.1) is 22.7 Å². The minimum atomic E-state index is -0.540. The van der Waals surface area contributed by atoms with Gasteiger partial charge in [-0.15, -0.1) is 11.3 Å². The van der Waals surface area contributed by atoms with Crippen LogP contribution in [0.4, 0.5) is 11.5 Å². The first-order chi connectivity index (χ1) is 19.1. The van der Waals surface area contributed by atoms with Crippen LogP contribution < -0.4 is 25.8 Å². The number of hydrogen-bond acceptors (Lipinski definition) is 10. The average molecular weight is 597 g/mol. The van der Waals surface area contributed by atoms with E-state index in [1.165, 1.54) is 12.4 Å². The smallest absolute Gasteiger partial charge is 0.162 e. The van der Waals surface area contributed by atoms with Crippen molar-refractivity contribution in [3.63, 3.8) is 0 Å². The summed E-state index contributed by atoms with van der Waals surface area (Å²) in [6.07, 6.45) is 4.73. The molecule has 0 aliphatic carbocycles. The van der Waals surface area contributed by atoms with E-state index in [2.05, 4.69) is 21.0 Å². The second kappa shape index (κ2) is 11.1. The van der Waals surface area contributed by atoms with Crippen molar-refractivity contribution in [3.8, 4) is 17.6 Å². The first-order valence-electron chi connectivity index (χ1n) is 12.4. The normalized spacial score (nSPS) is 14.8. The Morgan fingerprint density at radius 3 is 2.52 bits per heavy atom. The molecule has 5 rings (SSSR count). The van der Waals surface area contributed by atoms with Gasteiger partial charge < -0.3 is 25.8 Å². The Morgan fingerprint density at radius 1 is 1.18 bits per heavy atom. The Morgan fingerprint density at radius 2 is 1.90 bits per heavy atom. The lowest BCUT2D eigenvalue weighted by Crippen LogP contribution is -2.65. The lowest BCUT2D eigenvalue weighted by atomic mass is 9.91. The first-order valence-corrected chi connectivity index (χ1v) is 14.0. The van der Waals surface area contributed by atoms with Crippen molar-refractivity contribution in [1.82, 2.24) is 15.0 Å². The minimum Gasteiger partial charge on any atom is -0.493 e. The summed E-state index contributed by atoms with van der Waals surface area (Å²) in [7, 11) is 1.54. The fourth-order valence-electron chi connectivity index (χ4n) is 4.74. The lowest BCUT2D eigenvalue weighted by Gasteiger charge is -2.47. The molecular weight excluding hydrogens is 569 g/mol. The van der Waals surface area contributed by atoms with E-state index in [9.17, 15) is 5.26 Å². The zero-order valence-electron chi connectivity index (χ0n) is 22.1. The van der Waals surface area contributed by atoms with Crippen LogP contribution in [0.2, 0.25) is 10.0 Å². The number of halogens is 2. The number of nitriles is 1. The molecule has 1 fully saturated rings. The fourth-order valence-corrected chi connectivity index (χ4v) is 6.30. The molecule has 0 bridgehead atoms. The van der Waals surface area contributed by atoms with Gasteiger partial charge in [0.15, 0.2) is 11.5 Å². The summed E-state index contributed by atoms with van der Waals surface area (Å²) >= 11 is 14.2. The number of nitrogens with zero attached hydrogens (tertiary/aromatic N) is 5. The van der Waals surface area contributed by atoms with Gasteiger partial charge in [0.25, 0.3) is 0 Å². The molecule has 1 aromatic carbocycles. The van der Waals surface area contributed by atoms with E-state index in [-0.39, 0.29) is 0 Å². The zero-order valence-corrected chi connectivity index (χ0v) is 24.4. The van der Waals surface area contributed by atoms with Gasteiger partial charge >= 0.3 is 0 Å². The Hall–Kier alpha value is -3.62. The Labute approximate surface area is 246 Å². The molecule has 9 nitrogen and oxygen atoms in total. The van der Waals surface area contributed by atoms with Gasteiger partial charge in [-0.2, -0.15) is 5.26 Å². The molecule has 12 heteroatoms. The first kappa shape index (κ1) is 27.9. The van der Waals surface area contributed by atoms with Crippen molar-refractivity contribution >= 4 is 46.0 Å². The molecule has 0 amide bonds. The van der Waals surface area contributed by atoms with Crippen LogP contribution in [0.1, 0.15) is 46.0 Å². The third-order valence-corrected chi connectivity index (χ3v) is 8.54. The number of anilines is 2. The summed E-state index contributed by atoms with van der Waals surface area (Å²) in [5, 5.41) is 13.6. The molecule has 40 heavy (non-hydrogen) atoms. The van der Waals surface area contributed by atoms with Crippen LogP contribution in [0.5, 0.6) is 11.5 Å². The predicted octanol–water partition coefficient (Wildman–Crippen LogP) is 5.42. The van der Waals surface area contributed by atoms with Crippen LogP contribution in [-0.4, -0.2) is 35.2 Å². The highest BCUT2D eigenvalue weighted by Gasteiger charge is 2.44. The fraction of sp³-hybridized carbons (Fsp3) is 0.286. The Balaban J connectivity index is 1.36. The van der Waals surface area contributed by atoms with Crippen LogP contribution in [0, 0.1) is 18.3 Å². The van der Waals surface area contributed by atoms with Crippen LogP contribution >= 0.6 is 34.5 Å². The van der Waals surface area contributed by atoms with Gasteiger partial charge in [0.1, 0.15) is 28.5 Å². The van der Waals surface area contributed by atoms with E-state index in [4.69, 9.17) is 44.1 Å². The van der Waals surface area contributed by atoms with Crippen molar-refractivity contribution < 1.29 is 9.47 Å². The zero-order chi connectivity index (χ0) is 28.6. The molecular formula is C28H27Cl2N7O2S. The number of rotatable bonds is 8. The van der Waals surface area contributed by atoms with E-state index in [0.29, 0.717) is 63.7 Å². The molecule has 4 heterocycles. The van der Waals surface area contributed by atoms with Crippen LogP contribution in [0.3, 0.4) is 0 Å². The topological polar surface area (TPSA) is 136 Å². The number of ether oxygens (including phenoxy) is 2. The van der Waals surface area contributed by atoms with Gasteiger partial charge in [-0.3, -0.25) is 4.98 Å². The molecule has 1 saturated heterocycles. The molecule has 1 aliphatic rings. The van der Waals surface area contributed by atoms with Gasteiger partial charge in [0.2, 0.25) is 0 Å². The largest absolute Gasteiger partial charge is 0.493 e. The van der Waals surface area contributed by atoms with Crippen LogP contribution in [-0.2, 0) is 12.0 Å². The average Bonchev–Trinajstić information content (AvgIpc) is 3.35. The quantitative estimate of drug-likeness (QED) is 0.256. The number of aryl methyl sites for hydroxylation is 1. The van der Waals surface area contributed by atoms with Gasteiger partial charge in [-0.1, -0.05) is 23.2 Å². The highest BCUT2D eigenvalue weighted by molar-refractivity contribution is 7.09. The van der Waals surface area contributed by atoms with E-state index in [1.807, 2.05) is 36.3 Å². The monoisotopic (exact) mass is 595 g/mol. The molecule has 206 valence electrons. The highest BCUT2D eigenvalue weighted by atomic mass is 35.5. The second-order valence-corrected chi connectivity index (χ2v) is 11.5. The van der Waals surface area contributed by atoms with Crippen molar-refractivity contribution in [2.75, 3.05) is 30.8 Å². The number of benzene rings is 1. The molecule has 1 aliphatic heterocycles. The van der Waals surface area contributed by atoms with Crippen LogP contribution in [0.15, 0.2) is 42.2 Å². The number of aromatic nitrogens is 3. The SMILES string of the molecule is COc1cc(N)c(Cc2cnc(N3CC(N)(c4nc(C)cs4)C3)c(C#N)c2)cc1O[C@H](C)c1c(Cl)cncc1Cl. The summed E-state index contributed by atoms with van der Waals surface area (Å²) in [6.45, 7) is 4.87. The van der Waals surface area contributed by atoms with E-state index in [0.717, 1.165) is 21.8 Å². The van der Waals surface area contributed by atoms with E-state index in [1.54, 1.807) is 30.7 Å². The third kappa shape index (κ3) is 5.38. The molecule has 3 aromatic heterocycles. The standard InChI is InChI=1S/C28H27Cl2N7O2S/c1-15-12-40-27(36-15)28(33)13-37(14-28)26-19(8-31)5-17(9-35-26)4-18-6-24(23(38-3)7-22(18)32)39-16(2)25-20(29)10-34-11-21(25)30/h5-7,9-12,16H,4,13-14,32-33H2,1-3H3/t16-/m1/s1. The summed E-state index contributed by atoms with van der Waals surface area (Å²) in [4.78, 5) is 15.2. The summed E-state index contributed by atoms with van der Waals surface area (Å²) < 4.78 is 11.7. The third-order valence-electron chi connectivity index (χ3n) is 6.75. The van der Waals surface area contributed by atoms with E-state index >= 15 is 0 Å². The van der Waals surface area contributed by atoms with Crippen molar-refractivity contribution in [2.45, 2.75) is 31.9 Å². The molecule has 0 radical (unpaired) electrons. The number of thiazole rings is 1. The summed E-state index contributed by atoms with van der Waals surface area (Å²) in [6, 6.07) is 7.64. The predicted molar refractivity (Wildman–Crippen MR) is 157 cm³/mol. The number of nitrogen functional groups attached to an aromatic ring is 1. The van der Waals surface area contributed by atoms with Crippen LogP contribution in [0.25, 0.3) is 0 Å². The maximum Gasteiger partial charge on any atom is 0.162 e. The maximum absolute atomic E-state index is 9.90. The molecule has 4 aromatic rings. The Kier molecular flexibility index (Phi) is 7.75. The number of pyridine rings is 2. The van der Waals surface area contributed by atoms with Crippen molar-refractivity contribution in [2.24, 2.45) is 5.73 Å². The van der Waals surface area contributed by atoms with Gasteiger partial charge in [-0.05, 0) is 37.1 Å². The number of nitrogens with two attached hydrogens (primary N) is 2. The van der Waals surface area contributed by atoms with Gasteiger partial charge in [-0.25, -0.2) is 9.97 Å². The molecule has 0 saturated carbocycles. The number of hydrogen-bond donors (Lipinski definition) is 2. The van der Waals surface area contributed by atoms with E-state index < -0.39 is 11.6 Å². The maximum atomic E-state index is 9.90. The molecule has 0 spiro atoms. The Bertz CT molecular complexity index is 1590. The summed E-state index contributed by atoms with van der Waals surface area (Å²) in [5.74, 6) is 1.55. The minimum absolute atomic E-state index is 0.403. The number of methoxy groups -OCH3 is 1. The molecule has 1 atom stereocenters. The highest BCUT2D eigenvalue weighted by Crippen LogP contribution is 2.39.